The fraction of sp³-hybridized carbons (Fsp3) is 0.607. The third kappa shape index (κ3) is 5.20. The molecule has 172 valence electrons. The lowest BCUT2D eigenvalue weighted by molar-refractivity contribution is 0.233. The first-order valence-electron chi connectivity index (χ1n) is 13.1. The first kappa shape index (κ1) is 22.4. The highest BCUT2D eigenvalue weighted by Gasteiger charge is 2.41. The van der Waals surface area contributed by atoms with Gasteiger partial charge in [0.2, 0.25) is 0 Å². The topological polar surface area (TPSA) is 19.4 Å². The number of anilines is 1. The van der Waals surface area contributed by atoms with E-state index in [1.165, 1.54) is 75.6 Å². The number of nitrogens with zero attached hydrogens (tertiary/aromatic N) is 3. The van der Waals surface area contributed by atoms with E-state index in [0.717, 1.165) is 37.5 Å². The molecule has 3 nitrogen and oxygen atoms in total. The summed E-state index contributed by atoms with van der Waals surface area (Å²) in [6, 6.07) is 17.7. The van der Waals surface area contributed by atoms with Crippen molar-refractivity contribution in [1.82, 2.24) is 9.88 Å². The number of piperazine rings is 1. The van der Waals surface area contributed by atoms with Gasteiger partial charge < -0.3 is 4.90 Å². The Morgan fingerprint density at radius 3 is 1.84 bits per heavy atom. The van der Waals surface area contributed by atoms with Gasteiger partial charge in [0.1, 0.15) is 0 Å². The molecule has 0 radical (unpaired) electrons. The average Bonchev–Trinajstić information content (AvgIpc) is 2.89. The Bertz CT molecular complexity index is 776. The molecule has 0 bridgehead atoms. The minimum absolute atomic E-state index is 0.0832. The number of benzene rings is 1. The fourth-order valence-corrected chi connectivity index (χ4v) is 10.8. The van der Waals surface area contributed by atoms with Gasteiger partial charge in [-0.3, -0.25) is 9.88 Å². The Morgan fingerprint density at radius 1 is 0.688 bits per heavy atom. The maximum absolute atomic E-state index is 5.00. The molecule has 1 saturated heterocycles. The van der Waals surface area contributed by atoms with E-state index in [1.54, 1.807) is 0 Å². The highest BCUT2D eigenvalue weighted by molar-refractivity contribution is 7.59. The van der Waals surface area contributed by atoms with Gasteiger partial charge in [-0.1, -0.05) is 70.7 Å². The van der Waals surface area contributed by atoms with E-state index in [2.05, 4.69) is 58.3 Å². The maximum Gasteiger partial charge on any atom is 0.0726 e. The van der Waals surface area contributed by atoms with Gasteiger partial charge in [0, 0.05) is 38.1 Å². The molecule has 0 N–H and O–H groups in total. The molecule has 2 aromatic rings. The zero-order valence-electron chi connectivity index (χ0n) is 19.6. The van der Waals surface area contributed by atoms with E-state index >= 15 is 0 Å². The third-order valence-corrected chi connectivity index (χ3v) is 11.9. The van der Waals surface area contributed by atoms with E-state index in [0.29, 0.717) is 5.78 Å². The molecule has 0 spiro atoms. The predicted octanol–water partition coefficient (Wildman–Crippen LogP) is 7.05. The third-order valence-electron chi connectivity index (χ3n) is 8.01. The van der Waals surface area contributed by atoms with E-state index in [1.807, 2.05) is 6.20 Å². The van der Waals surface area contributed by atoms with Crippen molar-refractivity contribution in [3.63, 3.8) is 0 Å². The minimum atomic E-state index is -0.0832. The van der Waals surface area contributed by atoms with Gasteiger partial charge in [-0.05, 0) is 61.3 Å². The van der Waals surface area contributed by atoms with Crippen molar-refractivity contribution in [2.75, 3.05) is 31.1 Å². The number of hydrogen-bond donors (Lipinski definition) is 0. The molecule has 2 heterocycles. The Morgan fingerprint density at radius 2 is 1.28 bits per heavy atom. The minimum Gasteiger partial charge on any atom is -0.369 e. The standard InChI is InChI=1S/C28H40N3P/c1-4-12-24(13-5-1)30-20-22-31(23-21-30)28(27-18-10-11-19-29-27)32(25-14-6-2-7-15-25)26-16-8-3-9-17-26/h1,4-5,10-13,18-19,25-26,28H,2-3,6-9,14-17,20-23H2. The number of pyridine rings is 1. The lowest BCUT2D eigenvalue weighted by Gasteiger charge is -2.49. The first-order valence-corrected chi connectivity index (χ1v) is 14.7. The molecule has 1 unspecified atom stereocenters. The molecule has 1 aromatic heterocycles. The van der Waals surface area contributed by atoms with Gasteiger partial charge in [0.05, 0.1) is 11.5 Å². The maximum atomic E-state index is 5.00. The average molecular weight is 450 g/mol. The van der Waals surface area contributed by atoms with Gasteiger partial charge in [-0.2, -0.15) is 0 Å². The van der Waals surface area contributed by atoms with Crippen molar-refractivity contribution in [2.24, 2.45) is 0 Å². The summed E-state index contributed by atoms with van der Waals surface area (Å²) in [6.07, 6.45) is 16.6. The van der Waals surface area contributed by atoms with Crippen LogP contribution in [-0.2, 0) is 0 Å². The monoisotopic (exact) mass is 449 g/mol. The molecule has 3 aliphatic rings. The van der Waals surface area contributed by atoms with Crippen LogP contribution >= 0.6 is 7.92 Å². The van der Waals surface area contributed by atoms with Gasteiger partial charge in [-0.15, -0.1) is 0 Å². The second-order valence-electron chi connectivity index (χ2n) is 10.0. The number of hydrogen-bond acceptors (Lipinski definition) is 3. The SMILES string of the molecule is c1ccc(N2CCN(C(c3ccccn3)P(C3CCCCC3)C3CCCCC3)CC2)cc1. The summed E-state index contributed by atoms with van der Waals surface area (Å²) in [7, 11) is -0.0832. The Balaban J connectivity index is 1.41. The van der Waals surface area contributed by atoms with Crippen LogP contribution in [-0.4, -0.2) is 47.4 Å². The van der Waals surface area contributed by atoms with Crippen LogP contribution in [0.2, 0.25) is 0 Å². The van der Waals surface area contributed by atoms with E-state index in [9.17, 15) is 0 Å². The molecule has 2 saturated carbocycles. The van der Waals surface area contributed by atoms with Crippen LogP contribution in [0, 0.1) is 0 Å². The summed E-state index contributed by atoms with van der Waals surface area (Å²) in [6.45, 7) is 4.58. The molecule has 2 aliphatic carbocycles. The number of rotatable bonds is 6. The number of para-hydroxylation sites is 1. The molecule has 32 heavy (non-hydrogen) atoms. The van der Waals surface area contributed by atoms with Crippen LogP contribution in [0.5, 0.6) is 0 Å². The fourth-order valence-electron chi connectivity index (χ4n) is 6.38. The first-order chi connectivity index (χ1) is 15.9. The summed E-state index contributed by atoms with van der Waals surface area (Å²) in [4.78, 5) is 10.4. The zero-order valence-corrected chi connectivity index (χ0v) is 20.5. The van der Waals surface area contributed by atoms with Gasteiger partial charge in [0.15, 0.2) is 0 Å². The highest BCUT2D eigenvalue weighted by Crippen LogP contribution is 2.65. The molecule has 4 heteroatoms. The molecular formula is C28H40N3P. The number of aromatic nitrogens is 1. The van der Waals surface area contributed by atoms with Crippen molar-refractivity contribution in [3.8, 4) is 0 Å². The van der Waals surface area contributed by atoms with Crippen molar-refractivity contribution in [1.29, 1.82) is 0 Å². The Labute approximate surface area is 196 Å². The van der Waals surface area contributed by atoms with Crippen molar-refractivity contribution in [3.05, 3.63) is 60.4 Å². The molecule has 1 atom stereocenters. The van der Waals surface area contributed by atoms with Crippen LogP contribution in [0.4, 0.5) is 5.69 Å². The largest absolute Gasteiger partial charge is 0.369 e. The predicted molar refractivity (Wildman–Crippen MR) is 138 cm³/mol. The van der Waals surface area contributed by atoms with Gasteiger partial charge in [0.25, 0.3) is 0 Å². The van der Waals surface area contributed by atoms with Crippen LogP contribution in [0.1, 0.15) is 75.7 Å². The molecule has 1 aromatic carbocycles. The van der Waals surface area contributed by atoms with Crippen LogP contribution < -0.4 is 4.90 Å². The highest BCUT2D eigenvalue weighted by atomic mass is 31.1. The normalized spacial score (nSPS) is 22.8. The van der Waals surface area contributed by atoms with Crippen molar-refractivity contribution >= 4 is 13.6 Å². The van der Waals surface area contributed by atoms with Crippen molar-refractivity contribution in [2.45, 2.75) is 81.3 Å². The molecule has 3 fully saturated rings. The Hall–Kier alpha value is -1.44. The Kier molecular flexibility index (Phi) is 7.77. The second kappa shape index (κ2) is 11.1. The smallest absolute Gasteiger partial charge is 0.0726 e. The lowest BCUT2D eigenvalue weighted by atomic mass is 9.99. The van der Waals surface area contributed by atoms with Crippen molar-refractivity contribution < 1.29 is 0 Å². The van der Waals surface area contributed by atoms with E-state index in [4.69, 9.17) is 4.98 Å². The van der Waals surface area contributed by atoms with E-state index < -0.39 is 0 Å². The summed E-state index contributed by atoms with van der Waals surface area (Å²) in [5.74, 6) is 0.551. The van der Waals surface area contributed by atoms with Gasteiger partial charge >= 0.3 is 0 Å². The molecule has 5 rings (SSSR count). The van der Waals surface area contributed by atoms with Crippen LogP contribution in [0.25, 0.3) is 0 Å². The summed E-state index contributed by atoms with van der Waals surface area (Å²) >= 11 is 0. The quantitative estimate of drug-likeness (QED) is 0.441. The lowest BCUT2D eigenvalue weighted by Crippen LogP contribution is -2.48. The summed E-state index contributed by atoms with van der Waals surface area (Å²) in [5, 5.41) is 0. The zero-order chi connectivity index (χ0) is 21.6. The second-order valence-corrected chi connectivity index (χ2v) is 12.9. The van der Waals surface area contributed by atoms with Gasteiger partial charge in [-0.25, -0.2) is 0 Å². The molecule has 1 aliphatic heterocycles. The molecule has 0 amide bonds. The van der Waals surface area contributed by atoms with Crippen LogP contribution in [0.15, 0.2) is 54.7 Å². The molecular weight excluding hydrogens is 409 g/mol. The summed E-state index contributed by atoms with van der Waals surface area (Å²) < 4.78 is 0. The van der Waals surface area contributed by atoms with E-state index in [-0.39, 0.29) is 7.92 Å². The van der Waals surface area contributed by atoms with Crippen LogP contribution in [0.3, 0.4) is 0 Å². The summed E-state index contributed by atoms with van der Waals surface area (Å²) in [5.41, 5.74) is 4.63.